The number of rotatable bonds is 2. The summed E-state index contributed by atoms with van der Waals surface area (Å²) in [6.07, 6.45) is 0. The van der Waals surface area contributed by atoms with Gasteiger partial charge in [-0.15, -0.1) is 11.3 Å². The van der Waals surface area contributed by atoms with Crippen LogP contribution in [0.2, 0.25) is 0 Å². The maximum atomic E-state index is 13.5. The first-order valence-electron chi connectivity index (χ1n) is 4.52. The summed E-state index contributed by atoms with van der Waals surface area (Å²) in [5, 5.41) is 9.05. The summed E-state index contributed by atoms with van der Waals surface area (Å²) in [5.41, 5.74) is 3.65. The van der Waals surface area contributed by atoms with Crippen LogP contribution in [0.15, 0.2) is 23.7 Å². The molecule has 0 unspecified atom stereocenters. The van der Waals surface area contributed by atoms with E-state index in [2.05, 4.69) is 4.98 Å². The minimum Gasteiger partial charge on any atom is -0.390 e. The largest absolute Gasteiger partial charge is 0.390 e. The van der Waals surface area contributed by atoms with Gasteiger partial charge in [0.1, 0.15) is 5.82 Å². The summed E-state index contributed by atoms with van der Waals surface area (Å²) in [5.74, 6) is -0.278. The Kier molecular flexibility index (Phi) is 2.79. The van der Waals surface area contributed by atoms with E-state index in [4.69, 9.17) is 5.11 Å². The topological polar surface area (TPSA) is 33.1 Å². The van der Waals surface area contributed by atoms with Crippen molar-refractivity contribution >= 4 is 11.3 Å². The maximum Gasteiger partial charge on any atom is 0.131 e. The van der Waals surface area contributed by atoms with Crippen LogP contribution in [0.25, 0.3) is 10.4 Å². The Morgan fingerprint density at radius 1 is 1.47 bits per heavy atom. The number of nitrogens with zero attached hydrogens (tertiary/aromatic N) is 1. The SMILES string of the molecule is Cc1ccc(F)c(-c2scnc2CO)c1. The Bertz CT molecular complexity index is 481. The minimum atomic E-state index is -0.278. The molecule has 1 aromatic heterocycles. The fraction of sp³-hybridized carbons (Fsp3) is 0.182. The van der Waals surface area contributed by atoms with Crippen LogP contribution in [0.5, 0.6) is 0 Å². The molecule has 0 atom stereocenters. The Balaban J connectivity index is 2.58. The molecule has 0 fully saturated rings. The summed E-state index contributed by atoms with van der Waals surface area (Å²) in [7, 11) is 0. The van der Waals surface area contributed by atoms with E-state index >= 15 is 0 Å². The minimum absolute atomic E-state index is 0.161. The average Bonchev–Trinajstić information content (AvgIpc) is 2.69. The second-order valence-electron chi connectivity index (χ2n) is 3.27. The standard InChI is InChI=1S/C11H10FNOS/c1-7-2-3-9(12)8(4-7)11-10(5-14)13-6-15-11/h2-4,6,14H,5H2,1H3. The van der Waals surface area contributed by atoms with E-state index in [0.717, 1.165) is 5.56 Å². The number of aryl methyl sites for hydroxylation is 1. The number of hydrogen-bond acceptors (Lipinski definition) is 3. The van der Waals surface area contributed by atoms with Gasteiger partial charge in [-0.25, -0.2) is 9.37 Å². The van der Waals surface area contributed by atoms with Crippen molar-refractivity contribution in [1.82, 2.24) is 4.98 Å². The highest BCUT2D eigenvalue weighted by molar-refractivity contribution is 7.13. The highest BCUT2D eigenvalue weighted by Gasteiger charge is 2.12. The maximum absolute atomic E-state index is 13.5. The molecule has 0 amide bonds. The Morgan fingerprint density at radius 2 is 2.27 bits per heavy atom. The number of aliphatic hydroxyl groups excluding tert-OH is 1. The Morgan fingerprint density at radius 3 is 3.00 bits per heavy atom. The predicted octanol–water partition coefficient (Wildman–Crippen LogP) is 2.75. The number of hydrogen-bond donors (Lipinski definition) is 1. The first-order chi connectivity index (χ1) is 7.22. The smallest absolute Gasteiger partial charge is 0.131 e. The molecule has 0 bridgehead atoms. The molecule has 0 aliphatic rings. The molecule has 0 saturated carbocycles. The highest BCUT2D eigenvalue weighted by atomic mass is 32.1. The van der Waals surface area contributed by atoms with Crippen LogP contribution in [0, 0.1) is 12.7 Å². The summed E-state index contributed by atoms with van der Waals surface area (Å²) in [6.45, 7) is 1.74. The molecule has 15 heavy (non-hydrogen) atoms. The van der Waals surface area contributed by atoms with Gasteiger partial charge in [0.05, 0.1) is 22.7 Å². The zero-order chi connectivity index (χ0) is 10.8. The Hall–Kier alpha value is -1.26. The van der Waals surface area contributed by atoms with Crippen molar-refractivity contribution in [2.45, 2.75) is 13.5 Å². The second kappa shape index (κ2) is 4.08. The van der Waals surface area contributed by atoms with Crippen molar-refractivity contribution in [3.8, 4) is 10.4 Å². The van der Waals surface area contributed by atoms with Gasteiger partial charge in [0.25, 0.3) is 0 Å². The lowest BCUT2D eigenvalue weighted by atomic mass is 10.1. The van der Waals surface area contributed by atoms with E-state index in [0.29, 0.717) is 16.1 Å². The molecule has 1 aromatic carbocycles. The van der Waals surface area contributed by atoms with Gasteiger partial charge in [-0.05, 0) is 19.1 Å². The lowest BCUT2D eigenvalue weighted by Gasteiger charge is -2.03. The van der Waals surface area contributed by atoms with Gasteiger partial charge in [0, 0.05) is 5.56 Å². The lowest BCUT2D eigenvalue weighted by Crippen LogP contribution is -1.89. The first-order valence-corrected chi connectivity index (χ1v) is 5.40. The van der Waals surface area contributed by atoms with Crippen molar-refractivity contribution in [3.05, 3.63) is 40.8 Å². The van der Waals surface area contributed by atoms with Crippen LogP contribution in [-0.4, -0.2) is 10.1 Å². The van der Waals surface area contributed by atoms with Gasteiger partial charge in [-0.2, -0.15) is 0 Å². The van der Waals surface area contributed by atoms with E-state index in [1.807, 2.05) is 6.92 Å². The molecule has 1 heterocycles. The third-order valence-electron chi connectivity index (χ3n) is 2.16. The van der Waals surface area contributed by atoms with E-state index in [-0.39, 0.29) is 12.4 Å². The first kappa shape index (κ1) is 10.3. The molecule has 1 N–H and O–H groups in total. The van der Waals surface area contributed by atoms with Crippen molar-refractivity contribution < 1.29 is 9.50 Å². The van der Waals surface area contributed by atoms with Crippen LogP contribution in [0.4, 0.5) is 4.39 Å². The van der Waals surface area contributed by atoms with Crippen LogP contribution < -0.4 is 0 Å². The fourth-order valence-electron chi connectivity index (χ4n) is 1.41. The third kappa shape index (κ3) is 1.91. The molecule has 0 radical (unpaired) electrons. The normalized spacial score (nSPS) is 10.6. The van der Waals surface area contributed by atoms with Crippen molar-refractivity contribution in [2.24, 2.45) is 0 Å². The van der Waals surface area contributed by atoms with Gasteiger partial charge in [-0.1, -0.05) is 11.6 Å². The predicted molar refractivity (Wildman–Crippen MR) is 58.2 cm³/mol. The third-order valence-corrected chi connectivity index (χ3v) is 3.06. The quantitative estimate of drug-likeness (QED) is 0.849. The zero-order valence-corrected chi connectivity index (χ0v) is 9.01. The van der Waals surface area contributed by atoms with Gasteiger partial charge in [0.2, 0.25) is 0 Å². The molecule has 0 saturated heterocycles. The van der Waals surface area contributed by atoms with E-state index in [1.165, 1.54) is 17.4 Å². The molecule has 0 aliphatic carbocycles. The molecule has 0 spiro atoms. The van der Waals surface area contributed by atoms with Crippen LogP contribution in [-0.2, 0) is 6.61 Å². The molecule has 2 rings (SSSR count). The zero-order valence-electron chi connectivity index (χ0n) is 8.20. The number of benzene rings is 1. The summed E-state index contributed by atoms with van der Waals surface area (Å²) in [4.78, 5) is 4.69. The average molecular weight is 223 g/mol. The molecule has 2 aromatic rings. The molecule has 78 valence electrons. The van der Waals surface area contributed by atoms with Gasteiger partial charge in [-0.3, -0.25) is 0 Å². The van der Waals surface area contributed by atoms with Crippen molar-refractivity contribution in [2.75, 3.05) is 0 Å². The van der Waals surface area contributed by atoms with Crippen molar-refractivity contribution in [1.29, 1.82) is 0 Å². The number of aromatic nitrogens is 1. The molecule has 2 nitrogen and oxygen atoms in total. The van der Waals surface area contributed by atoms with E-state index in [1.54, 1.807) is 17.6 Å². The molecule has 4 heteroatoms. The molecular formula is C11H10FNOS. The van der Waals surface area contributed by atoms with E-state index in [9.17, 15) is 4.39 Å². The van der Waals surface area contributed by atoms with Crippen LogP contribution in [0.1, 0.15) is 11.3 Å². The van der Waals surface area contributed by atoms with Crippen molar-refractivity contribution in [3.63, 3.8) is 0 Å². The van der Waals surface area contributed by atoms with Gasteiger partial charge >= 0.3 is 0 Å². The monoisotopic (exact) mass is 223 g/mol. The summed E-state index contributed by atoms with van der Waals surface area (Å²) >= 11 is 1.34. The van der Waals surface area contributed by atoms with Crippen LogP contribution >= 0.6 is 11.3 Å². The number of halogens is 1. The number of aliphatic hydroxyl groups is 1. The van der Waals surface area contributed by atoms with E-state index < -0.39 is 0 Å². The molecule has 0 aliphatic heterocycles. The fourth-order valence-corrected chi connectivity index (χ4v) is 2.24. The highest BCUT2D eigenvalue weighted by Crippen LogP contribution is 2.30. The summed E-state index contributed by atoms with van der Waals surface area (Å²) < 4.78 is 13.5. The van der Waals surface area contributed by atoms with Crippen LogP contribution in [0.3, 0.4) is 0 Å². The van der Waals surface area contributed by atoms with Gasteiger partial charge < -0.3 is 5.11 Å². The Labute approximate surface area is 91.0 Å². The second-order valence-corrected chi connectivity index (χ2v) is 4.12. The summed E-state index contributed by atoms with van der Waals surface area (Å²) in [6, 6.07) is 4.92. The lowest BCUT2D eigenvalue weighted by molar-refractivity contribution is 0.278. The molecular weight excluding hydrogens is 213 g/mol. The van der Waals surface area contributed by atoms with Gasteiger partial charge in [0.15, 0.2) is 0 Å². The number of thiazole rings is 1.